The van der Waals surface area contributed by atoms with E-state index in [9.17, 15) is 0 Å². The first kappa shape index (κ1) is 13.6. The lowest BCUT2D eigenvalue weighted by atomic mass is 9.80. The van der Waals surface area contributed by atoms with Gasteiger partial charge < -0.3 is 10.0 Å². The second-order valence-electron chi connectivity index (χ2n) is 3.87. The molecule has 0 saturated carbocycles. The van der Waals surface area contributed by atoms with Crippen LogP contribution in [0.5, 0.6) is 0 Å². The second-order valence-corrected chi connectivity index (χ2v) is 4.98. The Hall–Kier alpha value is -0.445. The summed E-state index contributed by atoms with van der Waals surface area (Å²) >= 11 is 1.94. The van der Waals surface area contributed by atoms with Crippen LogP contribution in [0.1, 0.15) is 31.7 Å². The quantitative estimate of drug-likeness (QED) is 0.562. The van der Waals surface area contributed by atoms with Crippen LogP contribution >= 0.6 is 11.8 Å². The van der Waals surface area contributed by atoms with Gasteiger partial charge in [0.15, 0.2) is 0 Å². The van der Waals surface area contributed by atoms with Crippen LogP contribution in [-0.4, -0.2) is 22.9 Å². The molecule has 0 spiro atoms. The minimum atomic E-state index is -1.36. The smallest absolute Gasteiger partial charge is 0.423 e. The first-order valence-corrected chi connectivity index (χ1v) is 6.92. The van der Waals surface area contributed by atoms with E-state index in [0.717, 1.165) is 5.75 Å². The van der Waals surface area contributed by atoms with Gasteiger partial charge in [0.2, 0.25) is 0 Å². The number of hydrogen-bond acceptors (Lipinski definition) is 3. The molecule has 1 aromatic carbocycles. The molecule has 2 N–H and O–H groups in total. The highest BCUT2D eigenvalue weighted by atomic mass is 32.2. The van der Waals surface area contributed by atoms with E-state index in [1.807, 2.05) is 23.9 Å². The van der Waals surface area contributed by atoms with Gasteiger partial charge in [0.25, 0.3) is 0 Å². The Morgan fingerprint density at radius 2 is 1.81 bits per heavy atom. The van der Waals surface area contributed by atoms with Crippen molar-refractivity contribution in [2.75, 3.05) is 5.75 Å². The highest BCUT2D eigenvalue weighted by Crippen LogP contribution is 2.13. The first-order valence-electron chi connectivity index (χ1n) is 5.76. The number of benzene rings is 1. The maximum Gasteiger partial charge on any atom is 0.488 e. The standard InChI is InChI=1S/C12H19BO2S/c1-2-3-4-9-16-10-11-5-7-12(8-6-11)13(14)15/h5-8,14-15H,2-4,9-10H2,1H3. The summed E-state index contributed by atoms with van der Waals surface area (Å²) in [5.74, 6) is 2.21. The van der Waals surface area contributed by atoms with Gasteiger partial charge in [-0.25, -0.2) is 0 Å². The van der Waals surface area contributed by atoms with Gasteiger partial charge in [0, 0.05) is 5.75 Å². The van der Waals surface area contributed by atoms with Crippen LogP contribution in [-0.2, 0) is 5.75 Å². The Labute approximate surface area is 102 Å². The van der Waals surface area contributed by atoms with Crippen molar-refractivity contribution in [3.8, 4) is 0 Å². The van der Waals surface area contributed by atoms with Gasteiger partial charge in [0.1, 0.15) is 0 Å². The molecular weight excluding hydrogens is 219 g/mol. The fourth-order valence-corrected chi connectivity index (χ4v) is 2.41. The summed E-state index contributed by atoms with van der Waals surface area (Å²) in [5.41, 5.74) is 1.80. The van der Waals surface area contributed by atoms with E-state index >= 15 is 0 Å². The molecule has 2 nitrogen and oxygen atoms in total. The summed E-state index contributed by atoms with van der Waals surface area (Å²) < 4.78 is 0. The van der Waals surface area contributed by atoms with Gasteiger partial charge in [-0.3, -0.25) is 0 Å². The van der Waals surface area contributed by atoms with E-state index in [0.29, 0.717) is 5.46 Å². The maximum atomic E-state index is 8.94. The van der Waals surface area contributed by atoms with Gasteiger partial charge in [0.05, 0.1) is 0 Å². The van der Waals surface area contributed by atoms with Crippen molar-refractivity contribution in [1.29, 1.82) is 0 Å². The zero-order valence-corrected chi connectivity index (χ0v) is 10.5. The molecule has 88 valence electrons. The average molecular weight is 238 g/mol. The highest BCUT2D eigenvalue weighted by Gasteiger charge is 2.09. The van der Waals surface area contributed by atoms with E-state index in [4.69, 9.17) is 10.0 Å². The van der Waals surface area contributed by atoms with Crippen molar-refractivity contribution in [2.45, 2.75) is 31.9 Å². The molecule has 4 heteroatoms. The van der Waals surface area contributed by atoms with E-state index < -0.39 is 7.12 Å². The molecule has 0 amide bonds. The molecule has 0 atom stereocenters. The van der Waals surface area contributed by atoms with Gasteiger partial charge in [-0.15, -0.1) is 0 Å². The van der Waals surface area contributed by atoms with Crippen LogP contribution in [0, 0.1) is 0 Å². The predicted octanol–water partition coefficient (Wildman–Crippen LogP) is 1.79. The van der Waals surface area contributed by atoms with Crippen molar-refractivity contribution in [3.63, 3.8) is 0 Å². The van der Waals surface area contributed by atoms with Crippen LogP contribution in [0.4, 0.5) is 0 Å². The normalized spacial score (nSPS) is 10.4. The Bertz CT molecular complexity index is 288. The summed E-state index contributed by atoms with van der Waals surface area (Å²) in [6.45, 7) is 2.21. The maximum absolute atomic E-state index is 8.94. The highest BCUT2D eigenvalue weighted by molar-refractivity contribution is 7.98. The van der Waals surface area contributed by atoms with Gasteiger partial charge in [-0.2, -0.15) is 11.8 Å². The molecule has 0 fully saturated rings. The van der Waals surface area contributed by atoms with E-state index in [1.54, 1.807) is 12.1 Å². The molecule has 0 saturated heterocycles. The fourth-order valence-electron chi connectivity index (χ4n) is 1.43. The van der Waals surface area contributed by atoms with Crippen LogP contribution in [0.15, 0.2) is 24.3 Å². The lowest BCUT2D eigenvalue weighted by Gasteiger charge is -2.03. The molecule has 0 aromatic heterocycles. The molecule has 0 aliphatic heterocycles. The number of thioether (sulfide) groups is 1. The third-order valence-electron chi connectivity index (χ3n) is 2.44. The Balaban J connectivity index is 2.27. The first-order chi connectivity index (χ1) is 7.74. The number of hydrogen-bond donors (Lipinski definition) is 2. The van der Waals surface area contributed by atoms with Gasteiger partial charge in [-0.1, -0.05) is 44.0 Å². The molecule has 0 heterocycles. The monoisotopic (exact) mass is 238 g/mol. The summed E-state index contributed by atoms with van der Waals surface area (Å²) in [6.07, 6.45) is 3.86. The molecule has 0 aliphatic rings. The third kappa shape index (κ3) is 5.06. The Morgan fingerprint density at radius 3 is 2.38 bits per heavy atom. The molecule has 0 bridgehead atoms. The van der Waals surface area contributed by atoms with Crippen molar-refractivity contribution in [3.05, 3.63) is 29.8 Å². The molecule has 0 unspecified atom stereocenters. The Morgan fingerprint density at radius 1 is 1.12 bits per heavy atom. The topological polar surface area (TPSA) is 40.5 Å². The van der Waals surface area contributed by atoms with E-state index in [2.05, 4.69) is 6.92 Å². The van der Waals surface area contributed by atoms with Crippen LogP contribution in [0.25, 0.3) is 0 Å². The lowest BCUT2D eigenvalue weighted by Crippen LogP contribution is -2.29. The fraction of sp³-hybridized carbons (Fsp3) is 0.500. The molecule has 0 aliphatic carbocycles. The Kier molecular flexibility index (Phi) is 6.61. The number of unbranched alkanes of at least 4 members (excludes halogenated alkanes) is 2. The van der Waals surface area contributed by atoms with E-state index in [1.165, 1.54) is 30.6 Å². The summed E-state index contributed by atoms with van der Waals surface area (Å²) in [4.78, 5) is 0. The predicted molar refractivity (Wildman–Crippen MR) is 72.0 cm³/mol. The van der Waals surface area contributed by atoms with Crippen LogP contribution in [0.2, 0.25) is 0 Å². The second kappa shape index (κ2) is 7.77. The summed E-state index contributed by atoms with van der Waals surface area (Å²) in [5, 5.41) is 17.9. The van der Waals surface area contributed by atoms with E-state index in [-0.39, 0.29) is 0 Å². The van der Waals surface area contributed by atoms with Crippen molar-refractivity contribution < 1.29 is 10.0 Å². The molecule has 1 aromatic rings. The van der Waals surface area contributed by atoms with Crippen molar-refractivity contribution in [1.82, 2.24) is 0 Å². The summed E-state index contributed by atoms with van der Waals surface area (Å²) in [7, 11) is -1.36. The van der Waals surface area contributed by atoms with Crippen molar-refractivity contribution in [2.24, 2.45) is 0 Å². The van der Waals surface area contributed by atoms with Crippen LogP contribution < -0.4 is 5.46 Å². The SMILES string of the molecule is CCCCCSCc1ccc(B(O)O)cc1. The molecule has 0 radical (unpaired) electrons. The minimum Gasteiger partial charge on any atom is -0.423 e. The third-order valence-corrected chi connectivity index (χ3v) is 3.55. The zero-order valence-electron chi connectivity index (χ0n) is 9.72. The largest absolute Gasteiger partial charge is 0.488 e. The van der Waals surface area contributed by atoms with Crippen molar-refractivity contribution >= 4 is 24.3 Å². The van der Waals surface area contributed by atoms with Crippen LogP contribution in [0.3, 0.4) is 0 Å². The summed E-state index contributed by atoms with van der Waals surface area (Å²) in [6, 6.07) is 7.46. The molecule has 1 rings (SSSR count). The average Bonchev–Trinajstić information content (AvgIpc) is 2.29. The van der Waals surface area contributed by atoms with Gasteiger partial charge >= 0.3 is 7.12 Å². The molecular formula is C12H19BO2S. The zero-order chi connectivity index (χ0) is 11.8. The minimum absolute atomic E-state index is 0.555. The molecule has 16 heavy (non-hydrogen) atoms. The van der Waals surface area contributed by atoms with Gasteiger partial charge in [-0.05, 0) is 23.2 Å². The number of rotatable bonds is 7. The lowest BCUT2D eigenvalue weighted by molar-refractivity contribution is 0.426.